The standard InChI is InChI=1S/C13H24N4O/c1-9-6-14-11(13(3,4)5)7-17(9)8-12-15-10(2)18-16-12/h9,11,14H,6-8H2,1-5H3. The Balaban J connectivity index is 2.02. The van der Waals surface area contributed by atoms with Gasteiger partial charge in [-0.25, -0.2) is 0 Å². The van der Waals surface area contributed by atoms with Gasteiger partial charge < -0.3 is 9.84 Å². The van der Waals surface area contributed by atoms with Crippen molar-refractivity contribution < 1.29 is 4.52 Å². The molecule has 0 spiro atoms. The van der Waals surface area contributed by atoms with Crippen LogP contribution in [0.5, 0.6) is 0 Å². The maximum atomic E-state index is 5.03. The summed E-state index contributed by atoms with van der Waals surface area (Å²) in [6.07, 6.45) is 0. The largest absolute Gasteiger partial charge is 0.340 e. The van der Waals surface area contributed by atoms with Crippen LogP contribution in [0.25, 0.3) is 0 Å². The number of aromatic nitrogens is 2. The fraction of sp³-hybridized carbons (Fsp3) is 0.846. The summed E-state index contributed by atoms with van der Waals surface area (Å²) < 4.78 is 5.03. The van der Waals surface area contributed by atoms with Crippen LogP contribution >= 0.6 is 0 Å². The first kappa shape index (κ1) is 13.5. The van der Waals surface area contributed by atoms with E-state index in [1.54, 1.807) is 0 Å². The van der Waals surface area contributed by atoms with Crippen molar-refractivity contribution >= 4 is 0 Å². The van der Waals surface area contributed by atoms with Gasteiger partial charge in [-0.1, -0.05) is 25.9 Å². The maximum Gasteiger partial charge on any atom is 0.223 e. The van der Waals surface area contributed by atoms with E-state index in [0.717, 1.165) is 25.5 Å². The summed E-state index contributed by atoms with van der Waals surface area (Å²) in [4.78, 5) is 6.71. The first-order valence-corrected chi connectivity index (χ1v) is 6.63. The molecule has 1 aliphatic heterocycles. The molecule has 1 fully saturated rings. The lowest BCUT2D eigenvalue weighted by Crippen LogP contribution is -2.59. The third-order valence-corrected chi connectivity index (χ3v) is 3.66. The molecular formula is C13H24N4O. The van der Waals surface area contributed by atoms with Gasteiger partial charge >= 0.3 is 0 Å². The number of hydrogen-bond donors (Lipinski definition) is 1. The SMILES string of the molecule is Cc1nc(CN2CC(C(C)(C)C)NCC2C)no1. The number of nitrogens with zero attached hydrogens (tertiary/aromatic N) is 3. The van der Waals surface area contributed by atoms with E-state index in [1.165, 1.54) is 0 Å². The molecule has 0 radical (unpaired) electrons. The van der Waals surface area contributed by atoms with E-state index < -0.39 is 0 Å². The van der Waals surface area contributed by atoms with Gasteiger partial charge in [-0.3, -0.25) is 4.90 Å². The first-order chi connectivity index (χ1) is 8.36. The van der Waals surface area contributed by atoms with Crippen LogP contribution in [0.2, 0.25) is 0 Å². The van der Waals surface area contributed by atoms with Gasteiger partial charge in [0, 0.05) is 32.1 Å². The predicted molar refractivity (Wildman–Crippen MR) is 70.2 cm³/mol. The van der Waals surface area contributed by atoms with E-state index >= 15 is 0 Å². The molecule has 0 aromatic carbocycles. The summed E-state index contributed by atoms with van der Waals surface area (Å²) in [5.74, 6) is 1.43. The van der Waals surface area contributed by atoms with Crippen LogP contribution in [-0.4, -0.2) is 40.2 Å². The number of piperazine rings is 1. The van der Waals surface area contributed by atoms with E-state index in [0.29, 0.717) is 18.0 Å². The molecule has 2 unspecified atom stereocenters. The Hall–Kier alpha value is -0.940. The van der Waals surface area contributed by atoms with Crippen molar-refractivity contribution in [1.82, 2.24) is 20.4 Å². The predicted octanol–water partition coefficient (Wildman–Crippen LogP) is 1.59. The van der Waals surface area contributed by atoms with Crippen LogP contribution < -0.4 is 5.32 Å². The van der Waals surface area contributed by atoms with E-state index in [2.05, 4.69) is 48.1 Å². The molecule has 18 heavy (non-hydrogen) atoms. The van der Waals surface area contributed by atoms with Crippen LogP contribution in [0.15, 0.2) is 4.52 Å². The molecule has 1 aromatic heterocycles. The summed E-state index contributed by atoms with van der Waals surface area (Å²) in [7, 11) is 0. The van der Waals surface area contributed by atoms with Gasteiger partial charge in [0.05, 0.1) is 6.54 Å². The molecule has 0 saturated carbocycles. The highest BCUT2D eigenvalue weighted by Gasteiger charge is 2.32. The Morgan fingerprint density at radius 3 is 2.72 bits per heavy atom. The molecule has 1 saturated heterocycles. The second kappa shape index (κ2) is 4.97. The monoisotopic (exact) mass is 252 g/mol. The summed E-state index contributed by atoms with van der Waals surface area (Å²) >= 11 is 0. The minimum absolute atomic E-state index is 0.269. The van der Waals surface area contributed by atoms with Crippen molar-refractivity contribution in [1.29, 1.82) is 0 Å². The second-order valence-corrected chi connectivity index (χ2v) is 6.33. The molecule has 0 aliphatic carbocycles. The van der Waals surface area contributed by atoms with Gasteiger partial charge in [0.2, 0.25) is 5.89 Å². The van der Waals surface area contributed by atoms with Crippen molar-refractivity contribution in [2.45, 2.75) is 53.2 Å². The third-order valence-electron chi connectivity index (χ3n) is 3.66. The summed E-state index contributed by atoms with van der Waals surface area (Å²) in [5, 5.41) is 7.61. The zero-order chi connectivity index (χ0) is 13.3. The lowest BCUT2D eigenvalue weighted by molar-refractivity contribution is 0.0849. The summed E-state index contributed by atoms with van der Waals surface area (Å²) in [5.41, 5.74) is 0.269. The zero-order valence-electron chi connectivity index (χ0n) is 12.0. The number of hydrogen-bond acceptors (Lipinski definition) is 5. The lowest BCUT2D eigenvalue weighted by Gasteiger charge is -2.43. The van der Waals surface area contributed by atoms with Gasteiger partial charge in [0.1, 0.15) is 0 Å². The molecule has 1 N–H and O–H groups in total. The molecule has 5 nitrogen and oxygen atoms in total. The van der Waals surface area contributed by atoms with Gasteiger partial charge in [-0.15, -0.1) is 0 Å². The molecular weight excluding hydrogens is 228 g/mol. The Bertz CT molecular complexity index is 396. The van der Waals surface area contributed by atoms with Crippen molar-refractivity contribution in [2.75, 3.05) is 13.1 Å². The van der Waals surface area contributed by atoms with E-state index in [1.807, 2.05) is 6.92 Å². The molecule has 5 heteroatoms. The zero-order valence-corrected chi connectivity index (χ0v) is 12.0. The molecule has 2 rings (SSSR count). The topological polar surface area (TPSA) is 54.2 Å². The van der Waals surface area contributed by atoms with Gasteiger partial charge in [0.25, 0.3) is 0 Å². The van der Waals surface area contributed by atoms with E-state index in [-0.39, 0.29) is 5.41 Å². The maximum absolute atomic E-state index is 5.03. The summed E-state index contributed by atoms with van der Waals surface area (Å²) in [6.45, 7) is 13.7. The van der Waals surface area contributed by atoms with Crippen molar-refractivity contribution in [3.63, 3.8) is 0 Å². The molecule has 0 bridgehead atoms. The first-order valence-electron chi connectivity index (χ1n) is 6.63. The Morgan fingerprint density at radius 2 is 2.17 bits per heavy atom. The van der Waals surface area contributed by atoms with Crippen LogP contribution in [0.1, 0.15) is 39.4 Å². The average molecular weight is 252 g/mol. The van der Waals surface area contributed by atoms with Crippen LogP contribution in [0.4, 0.5) is 0 Å². The molecule has 2 heterocycles. The summed E-state index contributed by atoms with van der Waals surface area (Å²) in [6, 6.07) is 1.00. The smallest absolute Gasteiger partial charge is 0.223 e. The molecule has 2 atom stereocenters. The minimum atomic E-state index is 0.269. The van der Waals surface area contributed by atoms with Crippen LogP contribution in [0, 0.1) is 12.3 Å². The molecule has 1 aliphatic rings. The third kappa shape index (κ3) is 3.09. The van der Waals surface area contributed by atoms with Crippen molar-refractivity contribution in [2.24, 2.45) is 5.41 Å². The number of aryl methyl sites for hydroxylation is 1. The number of nitrogens with one attached hydrogen (secondary N) is 1. The van der Waals surface area contributed by atoms with Gasteiger partial charge in [-0.05, 0) is 12.3 Å². The van der Waals surface area contributed by atoms with Gasteiger partial charge in [-0.2, -0.15) is 4.98 Å². The molecule has 0 amide bonds. The fourth-order valence-electron chi connectivity index (χ4n) is 2.31. The van der Waals surface area contributed by atoms with Crippen molar-refractivity contribution in [3.8, 4) is 0 Å². The van der Waals surface area contributed by atoms with E-state index in [4.69, 9.17) is 4.52 Å². The highest BCUT2D eigenvalue weighted by atomic mass is 16.5. The van der Waals surface area contributed by atoms with E-state index in [9.17, 15) is 0 Å². The molecule has 102 valence electrons. The van der Waals surface area contributed by atoms with Gasteiger partial charge in [0.15, 0.2) is 5.82 Å². The van der Waals surface area contributed by atoms with Crippen molar-refractivity contribution in [3.05, 3.63) is 11.7 Å². The van der Waals surface area contributed by atoms with Crippen LogP contribution in [0.3, 0.4) is 0 Å². The minimum Gasteiger partial charge on any atom is -0.340 e. The lowest BCUT2D eigenvalue weighted by atomic mass is 9.85. The fourth-order valence-corrected chi connectivity index (χ4v) is 2.31. The quantitative estimate of drug-likeness (QED) is 0.866. The average Bonchev–Trinajstić information content (AvgIpc) is 2.66. The Kier molecular flexibility index (Phi) is 3.73. The van der Waals surface area contributed by atoms with Crippen LogP contribution in [-0.2, 0) is 6.54 Å². The Labute approximate surface area is 109 Å². The second-order valence-electron chi connectivity index (χ2n) is 6.33. The highest BCUT2D eigenvalue weighted by Crippen LogP contribution is 2.24. The highest BCUT2D eigenvalue weighted by molar-refractivity contribution is 4.93. The normalized spacial score (nSPS) is 26.5. The Morgan fingerprint density at radius 1 is 1.44 bits per heavy atom. The number of rotatable bonds is 2. The molecule has 1 aromatic rings.